The Morgan fingerprint density at radius 1 is 1.17 bits per heavy atom. The van der Waals surface area contributed by atoms with Crippen LogP contribution in [0.5, 0.6) is 0 Å². The van der Waals surface area contributed by atoms with Crippen molar-refractivity contribution in [1.29, 1.82) is 0 Å². The Labute approximate surface area is 133 Å². The predicted octanol–water partition coefficient (Wildman–Crippen LogP) is 3.51. The molecule has 1 aromatic rings. The summed E-state index contributed by atoms with van der Waals surface area (Å²) < 4.78 is 76.8. The van der Waals surface area contributed by atoms with Gasteiger partial charge < -0.3 is 15.3 Å². The number of hydrogen-bond acceptors (Lipinski definition) is 2. The van der Waals surface area contributed by atoms with E-state index in [-0.39, 0.29) is 31.1 Å². The van der Waals surface area contributed by atoms with Crippen molar-refractivity contribution in [3.8, 4) is 0 Å². The van der Waals surface area contributed by atoms with Crippen molar-refractivity contribution in [2.24, 2.45) is 5.92 Å². The quantitative estimate of drug-likeness (QED) is 0.812. The lowest BCUT2D eigenvalue weighted by Gasteiger charge is -2.38. The third-order valence-corrected chi connectivity index (χ3v) is 3.74. The highest BCUT2D eigenvalue weighted by atomic mass is 19.4. The van der Waals surface area contributed by atoms with Gasteiger partial charge in [0.1, 0.15) is 6.04 Å². The van der Waals surface area contributed by atoms with E-state index in [2.05, 4.69) is 5.32 Å². The summed E-state index contributed by atoms with van der Waals surface area (Å²) in [5.41, 5.74) is -1.35. The fraction of sp³-hybridized carbons (Fsp3) is 0.500. The molecule has 134 valence electrons. The van der Waals surface area contributed by atoms with Crippen LogP contribution in [0.3, 0.4) is 0 Å². The van der Waals surface area contributed by atoms with E-state index >= 15 is 0 Å². The highest BCUT2D eigenvalue weighted by molar-refractivity contribution is 5.66. The van der Waals surface area contributed by atoms with Gasteiger partial charge in [0.15, 0.2) is 0 Å². The van der Waals surface area contributed by atoms with Crippen LogP contribution in [0.1, 0.15) is 17.2 Å². The second-order valence-corrected chi connectivity index (χ2v) is 5.56. The first-order valence-electron chi connectivity index (χ1n) is 6.93. The van der Waals surface area contributed by atoms with Crippen molar-refractivity contribution >= 4 is 6.09 Å². The average molecular weight is 356 g/mol. The molecule has 0 aliphatic carbocycles. The third kappa shape index (κ3) is 4.31. The van der Waals surface area contributed by atoms with E-state index in [1.807, 2.05) is 0 Å². The van der Waals surface area contributed by atoms with Gasteiger partial charge in [-0.1, -0.05) is 12.1 Å². The number of carboxylic acid groups (broad SMARTS) is 1. The van der Waals surface area contributed by atoms with Gasteiger partial charge in [0.2, 0.25) is 0 Å². The minimum atomic E-state index is -4.68. The van der Waals surface area contributed by atoms with Crippen LogP contribution in [0.15, 0.2) is 24.3 Å². The van der Waals surface area contributed by atoms with Crippen molar-refractivity contribution in [1.82, 2.24) is 10.2 Å². The van der Waals surface area contributed by atoms with E-state index in [1.165, 1.54) is 0 Å². The Morgan fingerprint density at radius 2 is 1.71 bits per heavy atom. The largest absolute Gasteiger partial charge is 0.465 e. The number of amides is 1. The smallest absolute Gasteiger partial charge is 0.416 e. The second kappa shape index (κ2) is 6.50. The number of nitrogens with zero attached hydrogens (tertiary/aromatic N) is 1. The van der Waals surface area contributed by atoms with Gasteiger partial charge in [-0.2, -0.15) is 26.3 Å². The minimum Gasteiger partial charge on any atom is -0.465 e. The highest BCUT2D eigenvalue weighted by Crippen LogP contribution is 2.35. The first-order valence-corrected chi connectivity index (χ1v) is 6.93. The van der Waals surface area contributed by atoms with E-state index < -0.39 is 30.1 Å². The fourth-order valence-corrected chi connectivity index (χ4v) is 2.43. The summed E-state index contributed by atoms with van der Waals surface area (Å²) >= 11 is 0. The van der Waals surface area contributed by atoms with Gasteiger partial charge >= 0.3 is 18.4 Å². The first kappa shape index (κ1) is 18.4. The van der Waals surface area contributed by atoms with Crippen LogP contribution in [0.2, 0.25) is 0 Å². The molecular formula is C14H14F6N2O2. The lowest BCUT2D eigenvalue weighted by molar-refractivity contribution is -0.158. The van der Waals surface area contributed by atoms with E-state index in [0.29, 0.717) is 12.1 Å². The molecule has 1 aliphatic heterocycles. The first-order chi connectivity index (χ1) is 11.0. The number of hydrogen-bond donors (Lipinski definition) is 2. The van der Waals surface area contributed by atoms with E-state index in [4.69, 9.17) is 5.11 Å². The Kier molecular flexibility index (Phi) is 4.97. The Bertz CT molecular complexity index is 578. The molecule has 1 fully saturated rings. The maximum atomic E-state index is 13.1. The maximum absolute atomic E-state index is 13.1. The number of likely N-dealkylation sites (tertiary alicyclic amines) is 1. The zero-order valence-corrected chi connectivity index (χ0v) is 12.2. The summed E-state index contributed by atoms with van der Waals surface area (Å²) in [5, 5.41) is 10.9. The lowest BCUT2D eigenvalue weighted by Crippen LogP contribution is -2.53. The topological polar surface area (TPSA) is 52.6 Å². The van der Waals surface area contributed by atoms with E-state index in [0.717, 1.165) is 17.0 Å². The van der Waals surface area contributed by atoms with Crippen LogP contribution in [0.25, 0.3) is 0 Å². The van der Waals surface area contributed by atoms with Crippen molar-refractivity contribution < 1.29 is 36.2 Å². The molecule has 1 amide bonds. The molecule has 4 nitrogen and oxygen atoms in total. The summed E-state index contributed by atoms with van der Waals surface area (Å²) in [5.74, 6) is -0.264. The minimum absolute atomic E-state index is 0.0883. The van der Waals surface area contributed by atoms with Gasteiger partial charge in [-0.25, -0.2) is 4.79 Å². The molecule has 1 heterocycles. The highest BCUT2D eigenvalue weighted by Gasteiger charge is 2.42. The summed E-state index contributed by atoms with van der Waals surface area (Å²) in [6.07, 6.45) is -10.4. The Hall–Kier alpha value is -1.97. The standard InChI is InChI=1S/C14H14F6N2O2/c15-13(16,17)10-3-1-9(2-4-10)11(14(18,19)20)21-5-8-6-22(7-8)12(23)24/h1-4,8,11,21H,5-7H2,(H,23,24). The predicted molar refractivity (Wildman–Crippen MR) is 71.3 cm³/mol. The maximum Gasteiger partial charge on any atom is 0.416 e. The van der Waals surface area contributed by atoms with Crippen molar-refractivity contribution in [2.45, 2.75) is 18.4 Å². The number of benzene rings is 1. The number of halogens is 6. The second-order valence-electron chi connectivity index (χ2n) is 5.56. The number of nitrogens with one attached hydrogen (secondary N) is 1. The molecule has 0 aromatic heterocycles. The van der Waals surface area contributed by atoms with Gasteiger partial charge in [-0.15, -0.1) is 0 Å². The molecule has 1 saturated heterocycles. The summed E-state index contributed by atoms with van der Waals surface area (Å²) in [4.78, 5) is 11.7. The normalized spacial score (nSPS) is 17.5. The molecule has 0 radical (unpaired) electrons. The Balaban J connectivity index is 2.03. The molecule has 24 heavy (non-hydrogen) atoms. The molecule has 2 rings (SSSR count). The van der Waals surface area contributed by atoms with Gasteiger partial charge in [-0.05, 0) is 17.7 Å². The number of rotatable bonds is 4. The molecule has 2 N–H and O–H groups in total. The molecule has 1 atom stereocenters. The van der Waals surface area contributed by atoms with E-state index in [1.54, 1.807) is 0 Å². The molecule has 0 spiro atoms. The lowest BCUT2D eigenvalue weighted by atomic mass is 9.99. The SMILES string of the molecule is O=C(O)N1CC(CNC(c2ccc(C(F)(F)F)cc2)C(F)(F)F)C1. The number of alkyl halides is 6. The van der Waals surface area contributed by atoms with Crippen LogP contribution in [0.4, 0.5) is 31.1 Å². The van der Waals surface area contributed by atoms with Gasteiger partial charge in [0.05, 0.1) is 5.56 Å². The van der Waals surface area contributed by atoms with Crippen LogP contribution in [0, 0.1) is 5.92 Å². The molecule has 1 aromatic carbocycles. The Morgan fingerprint density at radius 3 is 2.12 bits per heavy atom. The van der Waals surface area contributed by atoms with Gasteiger partial charge in [0, 0.05) is 25.6 Å². The molecule has 1 aliphatic rings. The monoisotopic (exact) mass is 356 g/mol. The number of carbonyl (C=O) groups is 1. The molecule has 1 unspecified atom stereocenters. The van der Waals surface area contributed by atoms with Crippen LogP contribution in [-0.2, 0) is 6.18 Å². The van der Waals surface area contributed by atoms with Crippen LogP contribution < -0.4 is 5.32 Å². The van der Waals surface area contributed by atoms with Gasteiger partial charge in [-0.3, -0.25) is 0 Å². The van der Waals surface area contributed by atoms with Crippen LogP contribution >= 0.6 is 0 Å². The zero-order valence-electron chi connectivity index (χ0n) is 12.2. The summed E-state index contributed by atoms with van der Waals surface area (Å²) in [7, 11) is 0. The van der Waals surface area contributed by atoms with Crippen molar-refractivity contribution in [3.63, 3.8) is 0 Å². The van der Waals surface area contributed by atoms with Gasteiger partial charge in [0.25, 0.3) is 0 Å². The summed E-state index contributed by atoms with van der Waals surface area (Å²) in [6, 6.07) is 0.673. The van der Waals surface area contributed by atoms with E-state index in [9.17, 15) is 31.1 Å². The van der Waals surface area contributed by atoms with Crippen molar-refractivity contribution in [3.05, 3.63) is 35.4 Å². The third-order valence-electron chi connectivity index (χ3n) is 3.74. The fourth-order valence-electron chi connectivity index (χ4n) is 2.43. The zero-order chi connectivity index (χ0) is 18.1. The molecule has 10 heteroatoms. The average Bonchev–Trinajstić information content (AvgIpc) is 2.38. The molecule has 0 saturated carbocycles. The molecular weight excluding hydrogens is 342 g/mol. The van der Waals surface area contributed by atoms with Crippen LogP contribution in [-0.4, -0.2) is 41.9 Å². The molecule has 0 bridgehead atoms. The summed E-state index contributed by atoms with van der Waals surface area (Å²) in [6.45, 7) is 0.162. The van der Waals surface area contributed by atoms with Crippen molar-refractivity contribution in [2.75, 3.05) is 19.6 Å².